The number of rotatable bonds is 8. The van der Waals surface area contributed by atoms with E-state index < -0.39 is 17.7 Å². The quantitative estimate of drug-likeness (QED) is 0.419. The van der Waals surface area contributed by atoms with E-state index in [9.17, 15) is 14.3 Å². The standard InChI is InChI=1S/C25H28FN5O5.2ClH/c1-34-23-3-2-20-24(30-23)16(18(26)12-29-20)4-6-31-7-5-19(17(14-31)25(32)33)28-11-15-10-21-22(13-27-15)36-9-8-35-21;;/h2-3,10,12-13,17,19,28H,4-9,11,14H2,1H3,(H,32,33);2*1H. The highest BCUT2D eigenvalue weighted by Crippen LogP contribution is 2.29. The van der Waals surface area contributed by atoms with Gasteiger partial charge in [-0.1, -0.05) is 0 Å². The number of aliphatic carboxylic acids is 1. The van der Waals surface area contributed by atoms with Crippen LogP contribution in [0.4, 0.5) is 4.39 Å². The third-order valence-corrected chi connectivity index (χ3v) is 6.67. The number of ether oxygens (including phenoxy) is 3. The second-order valence-corrected chi connectivity index (χ2v) is 8.90. The number of likely N-dealkylation sites (tertiary alicyclic amines) is 1. The number of carboxylic acid groups (broad SMARTS) is 1. The lowest BCUT2D eigenvalue weighted by molar-refractivity contribution is -0.144. The van der Waals surface area contributed by atoms with Crippen LogP contribution in [0.1, 0.15) is 17.7 Å². The van der Waals surface area contributed by atoms with Crippen molar-refractivity contribution in [2.24, 2.45) is 5.92 Å². The average Bonchev–Trinajstić information content (AvgIpc) is 2.91. The van der Waals surface area contributed by atoms with Gasteiger partial charge in [0, 0.05) is 43.4 Å². The molecule has 0 amide bonds. The summed E-state index contributed by atoms with van der Waals surface area (Å²) >= 11 is 0. The van der Waals surface area contributed by atoms with Crippen LogP contribution < -0.4 is 19.5 Å². The van der Waals surface area contributed by atoms with Gasteiger partial charge in [-0.15, -0.1) is 24.8 Å². The van der Waals surface area contributed by atoms with Gasteiger partial charge in [0.2, 0.25) is 5.88 Å². The van der Waals surface area contributed by atoms with Gasteiger partial charge >= 0.3 is 5.97 Å². The minimum atomic E-state index is -0.862. The molecule has 0 bridgehead atoms. The number of carbonyl (C=O) groups is 1. The number of piperidine rings is 1. The van der Waals surface area contributed by atoms with Crippen LogP contribution in [-0.4, -0.2) is 76.9 Å². The van der Waals surface area contributed by atoms with Gasteiger partial charge in [0.15, 0.2) is 11.5 Å². The number of halogens is 3. The van der Waals surface area contributed by atoms with E-state index in [1.807, 2.05) is 6.07 Å². The maximum Gasteiger partial charge on any atom is 0.309 e. The molecular weight excluding hydrogens is 540 g/mol. The van der Waals surface area contributed by atoms with Gasteiger partial charge in [0.1, 0.15) is 19.0 Å². The molecule has 0 aromatic carbocycles. The van der Waals surface area contributed by atoms with Gasteiger partial charge in [0.25, 0.3) is 0 Å². The van der Waals surface area contributed by atoms with Crippen LogP contribution in [0.15, 0.2) is 30.6 Å². The Morgan fingerprint density at radius 1 is 1.21 bits per heavy atom. The average molecular weight is 570 g/mol. The molecule has 1 saturated heterocycles. The molecule has 5 heterocycles. The Morgan fingerprint density at radius 2 is 2.00 bits per heavy atom. The minimum absolute atomic E-state index is 0. The van der Waals surface area contributed by atoms with Gasteiger partial charge in [-0.05, 0) is 25.5 Å². The van der Waals surface area contributed by atoms with Crippen molar-refractivity contribution in [3.8, 4) is 17.4 Å². The summed E-state index contributed by atoms with van der Waals surface area (Å²) in [6.07, 6.45) is 3.87. The zero-order valence-electron chi connectivity index (χ0n) is 20.8. The van der Waals surface area contributed by atoms with Crippen LogP contribution in [-0.2, 0) is 17.8 Å². The molecule has 2 aliphatic rings. The Labute approximate surface area is 231 Å². The summed E-state index contributed by atoms with van der Waals surface area (Å²) in [6.45, 7) is 2.98. The van der Waals surface area contributed by atoms with Crippen LogP contribution in [0, 0.1) is 11.7 Å². The van der Waals surface area contributed by atoms with Crippen LogP contribution >= 0.6 is 24.8 Å². The van der Waals surface area contributed by atoms with E-state index in [1.165, 1.54) is 13.3 Å². The predicted molar refractivity (Wildman–Crippen MR) is 142 cm³/mol. The highest BCUT2D eigenvalue weighted by Gasteiger charge is 2.34. The highest BCUT2D eigenvalue weighted by molar-refractivity contribution is 5.85. The van der Waals surface area contributed by atoms with Gasteiger partial charge < -0.3 is 29.5 Å². The molecule has 2 atom stereocenters. The number of fused-ring (bicyclic) bond motifs is 2. The molecular formula is C25H30Cl2FN5O5. The molecule has 38 heavy (non-hydrogen) atoms. The number of methoxy groups -OCH3 is 1. The molecule has 2 aliphatic heterocycles. The first-order chi connectivity index (χ1) is 17.5. The fraction of sp³-hybridized carbons (Fsp3) is 0.440. The van der Waals surface area contributed by atoms with E-state index in [0.717, 1.165) is 5.69 Å². The second kappa shape index (κ2) is 13.2. The summed E-state index contributed by atoms with van der Waals surface area (Å²) in [4.78, 5) is 27.0. The van der Waals surface area contributed by atoms with E-state index in [4.69, 9.17) is 14.2 Å². The Balaban J connectivity index is 0.00000200. The fourth-order valence-corrected chi connectivity index (χ4v) is 4.74. The third kappa shape index (κ3) is 6.52. The number of hydrogen-bond donors (Lipinski definition) is 2. The fourth-order valence-electron chi connectivity index (χ4n) is 4.74. The second-order valence-electron chi connectivity index (χ2n) is 8.90. The predicted octanol–water partition coefficient (Wildman–Crippen LogP) is 2.89. The highest BCUT2D eigenvalue weighted by atomic mass is 35.5. The SMILES string of the molecule is COc1ccc2ncc(F)c(CCN3CCC(NCc4cc5c(cn4)OCCO5)C(C(=O)O)C3)c2n1.Cl.Cl. The number of aromatic nitrogens is 3. The van der Waals surface area contributed by atoms with Crippen LogP contribution in [0.5, 0.6) is 17.4 Å². The van der Waals surface area contributed by atoms with E-state index in [1.54, 1.807) is 18.3 Å². The Kier molecular flexibility index (Phi) is 10.3. The summed E-state index contributed by atoms with van der Waals surface area (Å²) in [5.41, 5.74) is 2.27. The van der Waals surface area contributed by atoms with E-state index in [2.05, 4.69) is 25.2 Å². The van der Waals surface area contributed by atoms with Crippen molar-refractivity contribution in [3.63, 3.8) is 0 Å². The van der Waals surface area contributed by atoms with Gasteiger partial charge in [-0.3, -0.25) is 14.8 Å². The van der Waals surface area contributed by atoms with Crippen LogP contribution in [0.3, 0.4) is 0 Å². The third-order valence-electron chi connectivity index (χ3n) is 6.67. The first kappa shape index (κ1) is 29.6. The normalized spacial score (nSPS) is 18.8. The number of pyridine rings is 3. The summed E-state index contributed by atoms with van der Waals surface area (Å²) in [5, 5.41) is 13.3. The van der Waals surface area contributed by atoms with Crippen molar-refractivity contribution < 1.29 is 28.5 Å². The lowest BCUT2D eigenvalue weighted by Crippen LogP contribution is -2.52. The van der Waals surface area contributed by atoms with E-state index in [0.29, 0.717) is 86.2 Å². The summed E-state index contributed by atoms with van der Waals surface area (Å²) in [6, 6.07) is 5.05. The van der Waals surface area contributed by atoms with Crippen molar-refractivity contribution in [2.75, 3.05) is 40.0 Å². The monoisotopic (exact) mass is 569 g/mol. The summed E-state index contributed by atoms with van der Waals surface area (Å²) in [7, 11) is 1.51. The minimum Gasteiger partial charge on any atom is -0.486 e. The first-order valence-electron chi connectivity index (χ1n) is 11.9. The molecule has 1 fully saturated rings. The van der Waals surface area contributed by atoms with E-state index >= 15 is 0 Å². The molecule has 10 nitrogen and oxygen atoms in total. The van der Waals surface area contributed by atoms with E-state index in [-0.39, 0.29) is 30.9 Å². The Hall–Kier alpha value is -2.99. The molecule has 3 aromatic rings. The zero-order valence-corrected chi connectivity index (χ0v) is 22.4. The Morgan fingerprint density at radius 3 is 2.76 bits per heavy atom. The van der Waals surface area contributed by atoms with Crippen molar-refractivity contribution in [3.05, 3.63) is 47.7 Å². The van der Waals surface area contributed by atoms with Crippen LogP contribution in [0.25, 0.3) is 11.0 Å². The zero-order chi connectivity index (χ0) is 25.1. The molecule has 0 radical (unpaired) electrons. The molecule has 206 valence electrons. The molecule has 2 unspecified atom stereocenters. The maximum atomic E-state index is 14.7. The number of carboxylic acids is 1. The molecule has 0 saturated carbocycles. The van der Waals surface area contributed by atoms with Gasteiger partial charge in [-0.25, -0.2) is 9.37 Å². The van der Waals surface area contributed by atoms with Crippen molar-refractivity contribution in [1.82, 2.24) is 25.2 Å². The lowest BCUT2D eigenvalue weighted by atomic mass is 9.91. The van der Waals surface area contributed by atoms with Gasteiger partial charge in [0.05, 0.1) is 42.1 Å². The topological polar surface area (TPSA) is 119 Å². The molecule has 2 N–H and O–H groups in total. The van der Waals surface area contributed by atoms with Gasteiger partial charge in [-0.2, -0.15) is 0 Å². The summed E-state index contributed by atoms with van der Waals surface area (Å²) < 4.78 is 30.9. The Bertz CT molecular complexity index is 1270. The van der Waals surface area contributed by atoms with Crippen LogP contribution in [0.2, 0.25) is 0 Å². The molecule has 0 spiro atoms. The largest absolute Gasteiger partial charge is 0.486 e. The number of nitrogens with zero attached hydrogens (tertiary/aromatic N) is 4. The first-order valence-corrected chi connectivity index (χ1v) is 11.9. The molecule has 0 aliphatic carbocycles. The summed E-state index contributed by atoms with van der Waals surface area (Å²) in [5.74, 6) is -0.232. The maximum absolute atomic E-state index is 14.7. The number of nitrogens with one attached hydrogen (secondary N) is 1. The lowest BCUT2D eigenvalue weighted by Gasteiger charge is -2.37. The van der Waals surface area contributed by atoms with Crippen molar-refractivity contribution in [1.29, 1.82) is 0 Å². The smallest absolute Gasteiger partial charge is 0.309 e. The molecule has 5 rings (SSSR count). The van der Waals surface area contributed by atoms with Crippen molar-refractivity contribution in [2.45, 2.75) is 25.4 Å². The molecule has 3 aromatic heterocycles. The van der Waals surface area contributed by atoms with Crippen molar-refractivity contribution >= 4 is 41.8 Å². The molecule has 13 heteroatoms. The number of hydrogen-bond acceptors (Lipinski definition) is 9.